The van der Waals surface area contributed by atoms with Gasteiger partial charge in [0.25, 0.3) is 0 Å². The van der Waals surface area contributed by atoms with Crippen molar-refractivity contribution in [3.63, 3.8) is 0 Å². The number of halogens is 1. The molecule has 1 aromatic carbocycles. The zero-order valence-electron chi connectivity index (χ0n) is 11.8. The molecule has 1 saturated carbocycles. The lowest BCUT2D eigenvalue weighted by atomic mass is 9.80. The van der Waals surface area contributed by atoms with Gasteiger partial charge in [-0.3, -0.25) is 4.79 Å². The number of carboxylic acids is 1. The second kappa shape index (κ2) is 5.79. The molecule has 1 aliphatic carbocycles. The molecule has 0 aliphatic heterocycles. The van der Waals surface area contributed by atoms with Crippen LogP contribution in [0.5, 0.6) is 5.75 Å². The minimum Gasteiger partial charge on any atom is -0.487 e. The summed E-state index contributed by atoms with van der Waals surface area (Å²) in [6.07, 6.45) is 2.10. The predicted octanol–water partition coefficient (Wildman–Crippen LogP) is 2.50. The van der Waals surface area contributed by atoms with E-state index in [2.05, 4.69) is 5.32 Å². The number of nitrogens with one attached hydrogen (secondary N) is 1. The van der Waals surface area contributed by atoms with Gasteiger partial charge >= 0.3 is 5.97 Å². The number of aliphatic carboxylic acids is 1. The highest BCUT2D eigenvalue weighted by molar-refractivity contribution is 5.79. The monoisotopic (exact) mass is 281 g/mol. The second-order valence-corrected chi connectivity index (χ2v) is 5.36. The molecule has 2 atom stereocenters. The summed E-state index contributed by atoms with van der Waals surface area (Å²) in [5, 5.41) is 12.3. The number of hydrogen-bond acceptors (Lipinski definition) is 3. The van der Waals surface area contributed by atoms with Gasteiger partial charge in [-0.25, -0.2) is 4.39 Å². The smallest absolute Gasteiger partial charge is 0.324 e. The van der Waals surface area contributed by atoms with Crippen LogP contribution in [0.25, 0.3) is 0 Å². The van der Waals surface area contributed by atoms with Gasteiger partial charge in [0, 0.05) is 6.42 Å². The highest BCUT2D eigenvalue weighted by Crippen LogP contribution is 2.32. The molecule has 4 nitrogen and oxygen atoms in total. The van der Waals surface area contributed by atoms with Gasteiger partial charge in [-0.05, 0) is 44.9 Å². The maximum atomic E-state index is 13.9. The lowest BCUT2D eigenvalue weighted by Crippen LogP contribution is -2.55. The van der Waals surface area contributed by atoms with Crippen molar-refractivity contribution < 1.29 is 19.0 Å². The zero-order chi connectivity index (χ0) is 14.8. The first kappa shape index (κ1) is 14.8. The minimum atomic E-state index is -0.969. The first-order valence-corrected chi connectivity index (χ1v) is 6.82. The number of hydrogen-bond donors (Lipinski definition) is 2. The normalized spacial score (nSPS) is 26.2. The van der Waals surface area contributed by atoms with E-state index < -0.39 is 11.5 Å². The van der Waals surface area contributed by atoms with E-state index in [-0.39, 0.29) is 17.7 Å². The standard InChI is InChI=1S/C15H20FNO3/c1-10-5-3-7-12(13(10)16)20-11-6-4-8-15(9-11,17-2)14(18)19/h3,5,7,11,17H,4,6,8-9H2,1-2H3,(H,18,19). The molecule has 1 aliphatic rings. The molecule has 0 spiro atoms. The van der Waals surface area contributed by atoms with E-state index in [1.807, 2.05) is 0 Å². The van der Waals surface area contributed by atoms with Gasteiger partial charge in [0.05, 0.1) is 0 Å². The van der Waals surface area contributed by atoms with Crippen molar-refractivity contribution in [2.45, 2.75) is 44.2 Å². The summed E-state index contributed by atoms with van der Waals surface area (Å²) < 4.78 is 19.6. The summed E-state index contributed by atoms with van der Waals surface area (Å²) in [6, 6.07) is 5.00. The van der Waals surface area contributed by atoms with E-state index in [0.717, 1.165) is 12.8 Å². The fourth-order valence-corrected chi connectivity index (χ4v) is 2.74. The predicted molar refractivity (Wildman–Crippen MR) is 73.4 cm³/mol. The third-order valence-corrected chi connectivity index (χ3v) is 4.04. The van der Waals surface area contributed by atoms with Crippen LogP contribution in [0.2, 0.25) is 0 Å². The molecule has 0 aromatic heterocycles. The van der Waals surface area contributed by atoms with Crippen LogP contribution in [0.1, 0.15) is 31.2 Å². The second-order valence-electron chi connectivity index (χ2n) is 5.36. The van der Waals surface area contributed by atoms with Crippen molar-refractivity contribution in [3.05, 3.63) is 29.6 Å². The Morgan fingerprint density at radius 2 is 2.30 bits per heavy atom. The lowest BCUT2D eigenvalue weighted by molar-refractivity contribution is -0.147. The van der Waals surface area contributed by atoms with Gasteiger partial charge in [-0.1, -0.05) is 12.1 Å². The molecule has 1 fully saturated rings. The number of carbonyl (C=O) groups is 1. The van der Waals surface area contributed by atoms with Gasteiger partial charge in [0.15, 0.2) is 11.6 Å². The Morgan fingerprint density at radius 3 is 2.95 bits per heavy atom. The van der Waals surface area contributed by atoms with Crippen LogP contribution in [0.4, 0.5) is 4.39 Å². The van der Waals surface area contributed by atoms with E-state index in [1.54, 1.807) is 32.2 Å². The average molecular weight is 281 g/mol. The number of likely N-dealkylation sites (N-methyl/N-ethyl adjacent to an activating group) is 1. The number of rotatable bonds is 4. The molecular formula is C15H20FNO3. The van der Waals surface area contributed by atoms with Crippen molar-refractivity contribution >= 4 is 5.97 Å². The first-order chi connectivity index (χ1) is 9.48. The average Bonchev–Trinajstić information content (AvgIpc) is 2.44. The molecule has 110 valence electrons. The Morgan fingerprint density at radius 1 is 1.55 bits per heavy atom. The summed E-state index contributed by atoms with van der Waals surface area (Å²) in [5.74, 6) is -1.05. The Balaban J connectivity index is 2.14. The summed E-state index contributed by atoms with van der Waals surface area (Å²) in [6.45, 7) is 1.68. The van der Waals surface area contributed by atoms with E-state index in [4.69, 9.17) is 4.74 Å². The molecule has 0 amide bonds. The van der Waals surface area contributed by atoms with E-state index in [9.17, 15) is 14.3 Å². The van der Waals surface area contributed by atoms with Gasteiger partial charge < -0.3 is 15.2 Å². The van der Waals surface area contributed by atoms with Crippen molar-refractivity contribution in [1.82, 2.24) is 5.32 Å². The number of carboxylic acid groups (broad SMARTS) is 1. The van der Waals surface area contributed by atoms with E-state index >= 15 is 0 Å². The van der Waals surface area contributed by atoms with Crippen molar-refractivity contribution in [2.24, 2.45) is 0 Å². The van der Waals surface area contributed by atoms with Crippen LogP contribution in [0.15, 0.2) is 18.2 Å². The molecule has 20 heavy (non-hydrogen) atoms. The molecule has 0 heterocycles. The van der Waals surface area contributed by atoms with Crippen molar-refractivity contribution in [1.29, 1.82) is 0 Å². The largest absolute Gasteiger partial charge is 0.487 e. The molecule has 0 bridgehead atoms. The highest BCUT2D eigenvalue weighted by atomic mass is 19.1. The summed E-state index contributed by atoms with van der Waals surface area (Å²) in [7, 11) is 1.64. The number of ether oxygens (including phenoxy) is 1. The minimum absolute atomic E-state index is 0.201. The van der Waals surface area contributed by atoms with Crippen LogP contribution in [-0.2, 0) is 4.79 Å². The maximum absolute atomic E-state index is 13.9. The first-order valence-electron chi connectivity index (χ1n) is 6.82. The Hall–Kier alpha value is -1.62. The lowest BCUT2D eigenvalue weighted by Gasteiger charge is -2.37. The molecule has 0 saturated heterocycles. The van der Waals surface area contributed by atoms with Crippen LogP contribution in [0.3, 0.4) is 0 Å². The van der Waals surface area contributed by atoms with Gasteiger partial charge in [0.2, 0.25) is 0 Å². The summed E-state index contributed by atoms with van der Waals surface area (Å²) in [4.78, 5) is 11.4. The van der Waals surface area contributed by atoms with Crippen LogP contribution < -0.4 is 10.1 Å². The van der Waals surface area contributed by atoms with Crippen LogP contribution in [0, 0.1) is 12.7 Å². The fraction of sp³-hybridized carbons (Fsp3) is 0.533. The quantitative estimate of drug-likeness (QED) is 0.890. The van der Waals surface area contributed by atoms with Crippen molar-refractivity contribution in [3.8, 4) is 5.75 Å². The molecule has 2 rings (SSSR count). The molecular weight excluding hydrogens is 261 g/mol. The third kappa shape index (κ3) is 2.77. The molecule has 1 aromatic rings. The van der Waals surface area contributed by atoms with E-state index in [0.29, 0.717) is 18.4 Å². The third-order valence-electron chi connectivity index (χ3n) is 4.04. The van der Waals surface area contributed by atoms with Crippen LogP contribution >= 0.6 is 0 Å². The molecule has 2 N–H and O–H groups in total. The summed E-state index contributed by atoms with van der Waals surface area (Å²) in [5.41, 5.74) is -0.445. The Bertz CT molecular complexity index is 506. The summed E-state index contributed by atoms with van der Waals surface area (Å²) >= 11 is 0. The topological polar surface area (TPSA) is 58.6 Å². The molecule has 0 radical (unpaired) electrons. The highest BCUT2D eigenvalue weighted by Gasteiger charge is 2.42. The van der Waals surface area contributed by atoms with Gasteiger partial charge in [-0.15, -0.1) is 0 Å². The fourth-order valence-electron chi connectivity index (χ4n) is 2.74. The van der Waals surface area contributed by atoms with Crippen molar-refractivity contribution in [2.75, 3.05) is 7.05 Å². The Labute approximate surface area is 117 Å². The van der Waals surface area contributed by atoms with Gasteiger partial charge in [-0.2, -0.15) is 0 Å². The number of aryl methyl sites for hydroxylation is 1. The molecule has 2 unspecified atom stereocenters. The number of benzene rings is 1. The SMILES string of the molecule is CNC1(C(=O)O)CCCC(Oc2cccc(C)c2F)C1. The molecule has 5 heteroatoms. The Kier molecular flexibility index (Phi) is 4.28. The van der Waals surface area contributed by atoms with E-state index in [1.165, 1.54) is 0 Å². The van der Waals surface area contributed by atoms with Gasteiger partial charge in [0.1, 0.15) is 11.6 Å². The van der Waals surface area contributed by atoms with Crippen LogP contribution in [-0.4, -0.2) is 29.8 Å². The zero-order valence-corrected chi connectivity index (χ0v) is 11.8. The maximum Gasteiger partial charge on any atom is 0.324 e.